The number of nitrogens with zero attached hydrogens (tertiary/aromatic N) is 1. The zero-order chi connectivity index (χ0) is 18.2. The number of ether oxygens (including phenoxy) is 3. The molecule has 0 saturated heterocycles. The molecule has 0 unspecified atom stereocenters. The molecule has 6 heteroatoms. The lowest BCUT2D eigenvalue weighted by Gasteiger charge is -2.11. The van der Waals surface area contributed by atoms with Gasteiger partial charge in [0.05, 0.1) is 26.7 Å². The van der Waals surface area contributed by atoms with Crippen LogP contribution in [0.5, 0.6) is 17.4 Å². The van der Waals surface area contributed by atoms with Crippen LogP contribution < -0.4 is 19.5 Å². The van der Waals surface area contributed by atoms with Crippen LogP contribution in [0.15, 0.2) is 36.5 Å². The van der Waals surface area contributed by atoms with Crippen LogP contribution in [0.3, 0.4) is 0 Å². The van der Waals surface area contributed by atoms with Crippen molar-refractivity contribution in [2.45, 2.75) is 32.9 Å². The van der Waals surface area contributed by atoms with Gasteiger partial charge in [0.15, 0.2) is 0 Å². The summed E-state index contributed by atoms with van der Waals surface area (Å²) in [6.07, 6.45) is 1.99. The third-order valence-corrected chi connectivity index (χ3v) is 3.48. The van der Waals surface area contributed by atoms with Gasteiger partial charge in [-0.3, -0.25) is 4.79 Å². The van der Waals surface area contributed by atoms with E-state index in [1.165, 1.54) is 0 Å². The molecule has 0 aliphatic heterocycles. The largest absolute Gasteiger partial charge is 0.497 e. The summed E-state index contributed by atoms with van der Waals surface area (Å²) in [6, 6.07) is 9.08. The van der Waals surface area contributed by atoms with E-state index in [4.69, 9.17) is 14.2 Å². The predicted molar refractivity (Wildman–Crippen MR) is 95.1 cm³/mol. The Morgan fingerprint density at radius 1 is 1.16 bits per heavy atom. The van der Waals surface area contributed by atoms with Crippen LogP contribution in [0.25, 0.3) is 0 Å². The lowest BCUT2D eigenvalue weighted by Crippen LogP contribution is -2.24. The van der Waals surface area contributed by atoms with Gasteiger partial charge in [-0.1, -0.05) is 6.07 Å². The van der Waals surface area contributed by atoms with Gasteiger partial charge >= 0.3 is 0 Å². The molecule has 0 spiro atoms. The first-order chi connectivity index (χ1) is 12.0. The average molecular weight is 344 g/mol. The highest BCUT2D eigenvalue weighted by Gasteiger charge is 2.10. The van der Waals surface area contributed by atoms with Crippen LogP contribution in [0.1, 0.15) is 25.0 Å². The van der Waals surface area contributed by atoms with Crippen molar-refractivity contribution in [3.8, 4) is 17.4 Å². The summed E-state index contributed by atoms with van der Waals surface area (Å²) in [7, 11) is 3.17. The maximum atomic E-state index is 12.2. The van der Waals surface area contributed by atoms with Crippen LogP contribution in [0.2, 0.25) is 0 Å². The van der Waals surface area contributed by atoms with E-state index in [0.717, 1.165) is 11.1 Å². The Balaban J connectivity index is 1.92. The Hall–Kier alpha value is -2.76. The van der Waals surface area contributed by atoms with Gasteiger partial charge in [0.25, 0.3) is 0 Å². The second kappa shape index (κ2) is 8.92. The summed E-state index contributed by atoms with van der Waals surface area (Å²) in [5.41, 5.74) is 1.68. The lowest BCUT2D eigenvalue weighted by atomic mass is 10.1. The Kier molecular flexibility index (Phi) is 6.62. The van der Waals surface area contributed by atoms with Gasteiger partial charge in [-0.25, -0.2) is 4.98 Å². The molecule has 25 heavy (non-hydrogen) atoms. The smallest absolute Gasteiger partial charge is 0.224 e. The van der Waals surface area contributed by atoms with Crippen molar-refractivity contribution in [2.24, 2.45) is 0 Å². The van der Waals surface area contributed by atoms with Crippen LogP contribution in [-0.2, 0) is 17.8 Å². The third kappa shape index (κ3) is 5.67. The Bertz CT molecular complexity index is 699. The fourth-order valence-electron chi connectivity index (χ4n) is 2.28. The number of rotatable bonds is 8. The summed E-state index contributed by atoms with van der Waals surface area (Å²) in [6.45, 7) is 4.30. The van der Waals surface area contributed by atoms with Crippen molar-refractivity contribution in [1.29, 1.82) is 0 Å². The molecule has 1 heterocycles. The summed E-state index contributed by atoms with van der Waals surface area (Å²) in [4.78, 5) is 16.4. The van der Waals surface area contributed by atoms with Gasteiger partial charge in [-0.15, -0.1) is 0 Å². The lowest BCUT2D eigenvalue weighted by molar-refractivity contribution is -0.120. The average Bonchev–Trinajstić information content (AvgIpc) is 2.60. The Morgan fingerprint density at radius 3 is 2.56 bits per heavy atom. The first kappa shape index (κ1) is 18.6. The first-order valence-electron chi connectivity index (χ1n) is 8.11. The molecule has 0 aliphatic carbocycles. The van der Waals surface area contributed by atoms with Crippen LogP contribution in [0.4, 0.5) is 0 Å². The number of aromatic nitrogens is 1. The molecule has 0 saturated carbocycles. The van der Waals surface area contributed by atoms with Crippen molar-refractivity contribution in [3.05, 3.63) is 47.7 Å². The monoisotopic (exact) mass is 344 g/mol. The van der Waals surface area contributed by atoms with Crippen molar-refractivity contribution >= 4 is 5.91 Å². The number of hydrogen-bond donors (Lipinski definition) is 1. The van der Waals surface area contributed by atoms with E-state index < -0.39 is 0 Å². The van der Waals surface area contributed by atoms with E-state index in [0.29, 0.717) is 23.9 Å². The highest BCUT2D eigenvalue weighted by molar-refractivity contribution is 5.79. The van der Waals surface area contributed by atoms with Gasteiger partial charge in [0.2, 0.25) is 11.8 Å². The van der Waals surface area contributed by atoms with Gasteiger partial charge in [0.1, 0.15) is 11.5 Å². The SMILES string of the molecule is COc1ccc(OC)c(CC(=O)NCc2ccc(OC(C)C)nc2)c1. The van der Waals surface area contributed by atoms with Crippen molar-refractivity contribution < 1.29 is 19.0 Å². The van der Waals surface area contributed by atoms with E-state index in [-0.39, 0.29) is 18.4 Å². The second-order valence-corrected chi connectivity index (χ2v) is 5.80. The molecule has 0 aliphatic rings. The molecular formula is C19H24N2O4. The normalized spacial score (nSPS) is 10.4. The molecule has 0 atom stereocenters. The predicted octanol–water partition coefficient (Wildman–Crippen LogP) is 2.74. The summed E-state index contributed by atoms with van der Waals surface area (Å²) in [5, 5.41) is 2.88. The van der Waals surface area contributed by atoms with E-state index in [1.54, 1.807) is 44.7 Å². The minimum absolute atomic E-state index is 0.0795. The van der Waals surface area contributed by atoms with Crippen molar-refractivity contribution in [2.75, 3.05) is 14.2 Å². The van der Waals surface area contributed by atoms with Crippen molar-refractivity contribution in [1.82, 2.24) is 10.3 Å². The number of hydrogen-bond acceptors (Lipinski definition) is 5. The number of carbonyl (C=O) groups excluding carboxylic acids is 1. The zero-order valence-electron chi connectivity index (χ0n) is 15.0. The van der Waals surface area contributed by atoms with E-state index in [9.17, 15) is 4.79 Å². The van der Waals surface area contributed by atoms with Gasteiger partial charge < -0.3 is 19.5 Å². The van der Waals surface area contributed by atoms with Crippen LogP contribution in [-0.4, -0.2) is 31.2 Å². The molecule has 2 rings (SSSR count). The first-order valence-corrected chi connectivity index (χ1v) is 8.11. The summed E-state index contributed by atoms with van der Waals surface area (Å²) < 4.78 is 16.0. The Morgan fingerprint density at radius 2 is 1.96 bits per heavy atom. The maximum Gasteiger partial charge on any atom is 0.224 e. The van der Waals surface area contributed by atoms with E-state index in [2.05, 4.69) is 10.3 Å². The zero-order valence-corrected chi connectivity index (χ0v) is 15.0. The molecule has 134 valence electrons. The van der Waals surface area contributed by atoms with E-state index in [1.807, 2.05) is 19.9 Å². The van der Waals surface area contributed by atoms with Gasteiger partial charge in [0, 0.05) is 24.4 Å². The van der Waals surface area contributed by atoms with E-state index >= 15 is 0 Å². The molecule has 1 aromatic carbocycles. The second-order valence-electron chi connectivity index (χ2n) is 5.80. The van der Waals surface area contributed by atoms with Gasteiger partial charge in [-0.2, -0.15) is 0 Å². The summed E-state index contributed by atoms with van der Waals surface area (Å²) >= 11 is 0. The topological polar surface area (TPSA) is 69.7 Å². The molecule has 6 nitrogen and oxygen atoms in total. The molecule has 2 aromatic rings. The Labute approximate surface area is 148 Å². The fraction of sp³-hybridized carbons (Fsp3) is 0.368. The maximum absolute atomic E-state index is 12.2. The molecule has 1 aromatic heterocycles. The number of nitrogens with one attached hydrogen (secondary N) is 1. The molecule has 0 radical (unpaired) electrons. The summed E-state index contributed by atoms with van der Waals surface area (Å²) in [5.74, 6) is 1.82. The molecule has 0 bridgehead atoms. The van der Waals surface area contributed by atoms with Crippen LogP contribution in [0, 0.1) is 0 Å². The molecular weight excluding hydrogens is 320 g/mol. The molecule has 0 fully saturated rings. The van der Waals surface area contributed by atoms with Crippen LogP contribution >= 0.6 is 0 Å². The number of methoxy groups -OCH3 is 2. The number of pyridine rings is 1. The minimum atomic E-state index is -0.103. The number of carbonyl (C=O) groups is 1. The highest BCUT2D eigenvalue weighted by Crippen LogP contribution is 2.24. The molecule has 1 N–H and O–H groups in total. The number of benzene rings is 1. The highest BCUT2D eigenvalue weighted by atomic mass is 16.5. The van der Waals surface area contributed by atoms with Gasteiger partial charge in [-0.05, 0) is 37.6 Å². The van der Waals surface area contributed by atoms with Crippen molar-refractivity contribution in [3.63, 3.8) is 0 Å². The number of amides is 1. The fourth-order valence-corrected chi connectivity index (χ4v) is 2.28. The molecule has 1 amide bonds. The minimum Gasteiger partial charge on any atom is -0.497 e. The standard InChI is InChI=1S/C19H24N2O4/c1-13(2)25-19-8-5-14(12-21-19)11-20-18(22)10-15-9-16(23-3)6-7-17(15)24-4/h5-9,12-13H,10-11H2,1-4H3,(H,20,22). The quantitative estimate of drug-likeness (QED) is 0.797. The third-order valence-electron chi connectivity index (χ3n) is 3.48.